The Balaban J connectivity index is 1.72. The van der Waals surface area contributed by atoms with Gasteiger partial charge >= 0.3 is 0 Å². The summed E-state index contributed by atoms with van der Waals surface area (Å²) < 4.78 is 0. The molecule has 1 saturated heterocycles. The molecule has 6 heteroatoms. The maximum absolute atomic E-state index is 12.4. The van der Waals surface area contributed by atoms with Gasteiger partial charge in [-0.1, -0.05) is 6.92 Å². The van der Waals surface area contributed by atoms with Crippen LogP contribution < -0.4 is 5.32 Å². The van der Waals surface area contributed by atoms with Gasteiger partial charge in [0.2, 0.25) is 11.8 Å². The minimum Gasteiger partial charge on any atom is -0.391 e. The van der Waals surface area contributed by atoms with E-state index in [-0.39, 0.29) is 30.2 Å². The molecule has 0 spiro atoms. The van der Waals surface area contributed by atoms with Crippen molar-refractivity contribution in [2.24, 2.45) is 5.41 Å². The molecule has 2 amide bonds. The highest BCUT2D eigenvalue weighted by molar-refractivity contribution is 5.92. The molecule has 0 radical (unpaired) electrons. The van der Waals surface area contributed by atoms with E-state index in [1.807, 2.05) is 6.92 Å². The van der Waals surface area contributed by atoms with Crippen molar-refractivity contribution in [3.05, 3.63) is 0 Å². The van der Waals surface area contributed by atoms with Crippen LogP contribution in [0.4, 0.5) is 0 Å². The number of nitrogens with zero attached hydrogens (tertiary/aromatic N) is 2. The van der Waals surface area contributed by atoms with E-state index >= 15 is 0 Å². The Morgan fingerprint density at radius 2 is 2.00 bits per heavy atom. The molecular weight excluding hydrogens is 258 g/mol. The molecule has 3 rings (SSSR count). The van der Waals surface area contributed by atoms with Gasteiger partial charge in [0.05, 0.1) is 12.2 Å². The van der Waals surface area contributed by atoms with E-state index in [4.69, 9.17) is 5.26 Å². The van der Waals surface area contributed by atoms with E-state index in [0.29, 0.717) is 12.8 Å². The van der Waals surface area contributed by atoms with Crippen molar-refractivity contribution in [2.75, 3.05) is 6.54 Å². The first-order chi connectivity index (χ1) is 9.39. The highest BCUT2D eigenvalue weighted by atomic mass is 16.3. The van der Waals surface area contributed by atoms with Crippen LogP contribution in [-0.4, -0.2) is 46.1 Å². The first-order valence-electron chi connectivity index (χ1n) is 7.12. The highest BCUT2D eigenvalue weighted by Crippen LogP contribution is 2.47. The number of nitriles is 1. The number of amides is 2. The Morgan fingerprint density at radius 3 is 2.50 bits per heavy atom. The third-order valence-electron chi connectivity index (χ3n) is 4.69. The molecule has 2 atom stereocenters. The fourth-order valence-corrected chi connectivity index (χ4v) is 2.74. The summed E-state index contributed by atoms with van der Waals surface area (Å²) in [5.41, 5.74) is -1.09. The zero-order chi connectivity index (χ0) is 14.5. The second-order valence-corrected chi connectivity index (χ2v) is 6.61. The van der Waals surface area contributed by atoms with Crippen molar-refractivity contribution in [3.8, 4) is 6.07 Å². The van der Waals surface area contributed by atoms with Gasteiger partial charge in [-0.3, -0.25) is 9.59 Å². The first kappa shape index (κ1) is 13.4. The highest BCUT2D eigenvalue weighted by Gasteiger charge is 2.53. The number of aliphatic hydroxyl groups is 1. The van der Waals surface area contributed by atoms with Crippen LogP contribution in [0.3, 0.4) is 0 Å². The summed E-state index contributed by atoms with van der Waals surface area (Å²) in [6.07, 6.45) is 2.61. The molecular formula is C14H19N3O3. The molecule has 108 valence electrons. The lowest BCUT2D eigenvalue weighted by Gasteiger charge is -2.27. The van der Waals surface area contributed by atoms with Crippen molar-refractivity contribution in [2.45, 2.75) is 56.7 Å². The average Bonchev–Trinajstić information content (AvgIpc) is 3.31. The summed E-state index contributed by atoms with van der Waals surface area (Å²) in [5, 5.41) is 21.5. The largest absolute Gasteiger partial charge is 0.391 e. The molecule has 0 unspecified atom stereocenters. The second-order valence-electron chi connectivity index (χ2n) is 6.61. The summed E-state index contributed by atoms with van der Waals surface area (Å²) in [7, 11) is 0. The third kappa shape index (κ3) is 2.16. The van der Waals surface area contributed by atoms with Crippen molar-refractivity contribution < 1.29 is 14.7 Å². The van der Waals surface area contributed by atoms with E-state index in [2.05, 4.69) is 11.4 Å². The normalized spacial score (nSPS) is 32.4. The Hall–Kier alpha value is -1.61. The molecule has 1 heterocycles. The van der Waals surface area contributed by atoms with Gasteiger partial charge in [-0.25, -0.2) is 0 Å². The third-order valence-corrected chi connectivity index (χ3v) is 4.69. The number of carbonyl (C=O) groups excluding carboxylic acids is 2. The summed E-state index contributed by atoms with van der Waals surface area (Å²) in [6.45, 7) is 2.11. The Labute approximate surface area is 117 Å². The molecule has 6 nitrogen and oxygen atoms in total. The number of carbonyl (C=O) groups is 2. The number of rotatable bonds is 3. The fraction of sp³-hybridized carbons (Fsp3) is 0.786. The van der Waals surface area contributed by atoms with Gasteiger partial charge in [0.1, 0.15) is 11.6 Å². The molecule has 3 aliphatic rings. The second kappa shape index (κ2) is 4.19. The quantitative estimate of drug-likeness (QED) is 0.754. The molecule has 2 N–H and O–H groups in total. The van der Waals surface area contributed by atoms with Crippen molar-refractivity contribution >= 4 is 11.8 Å². The van der Waals surface area contributed by atoms with Crippen LogP contribution in [0.25, 0.3) is 0 Å². The van der Waals surface area contributed by atoms with Crippen molar-refractivity contribution in [1.29, 1.82) is 5.26 Å². The monoisotopic (exact) mass is 277 g/mol. The standard InChI is InChI=1S/C14H19N3O3/c1-13(2-3-13)12(20)17-7-9(18)6-10(17)11(19)16-14(8-15)4-5-14/h9-10,18H,2-7H2,1H3,(H,16,19)/t9-,10-/m0/s1. The van der Waals surface area contributed by atoms with Crippen LogP contribution in [0.1, 0.15) is 39.0 Å². The van der Waals surface area contributed by atoms with E-state index in [9.17, 15) is 14.7 Å². The molecule has 2 saturated carbocycles. The summed E-state index contributed by atoms with van der Waals surface area (Å²) >= 11 is 0. The molecule has 2 aliphatic carbocycles. The van der Waals surface area contributed by atoms with Gasteiger partial charge in [-0.2, -0.15) is 5.26 Å². The Morgan fingerprint density at radius 1 is 1.35 bits per heavy atom. The van der Waals surface area contributed by atoms with Crippen LogP contribution >= 0.6 is 0 Å². The number of aliphatic hydroxyl groups excluding tert-OH is 1. The molecule has 3 fully saturated rings. The number of β-amino-alcohol motifs (C(OH)–C–C–N with tert-alkyl or cyclic N) is 1. The number of hydrogen-bond donors (Lipinski definition) is 2. The molecule has 0 aromatic rings. The lowest BCUT2D eigenvalue weighted by atomic mass is 10.1. The van der Waals surface area contributed by atoms with Crippen LogP contribution in [-0.2, 0) is 9.59 Å². The Bertz CT molecular complexity index is 502. The molecule has 1 aliphatic heterocycles. The molecule has 20 heavy (non-hydrogen) atoms. The Kier molecular flexibility index (Phi) is 2.80. The van der Waals surface area contributed by atoms with E-state index < -0.39 is 17.7 Å². The predicted molar refractivity (Wildman–Crippen MR) is 69.2 cm³/mol. The summed E-state index contributed by atoms with van der Waals surface area (Å²) in [6, 6.07) is 1.47. The lowest BCUT2D eigenvalue weighted by Crippen LogP contribution is -2.50. The fourth-order valence-electron chi connectivity index (χ4n) is 2.74. The van der Waals surface area contributed by atoms with Crippen LogP contribution in [0.5, 0.6) is 0 Å². The number of likely N-dealkylation sites (tertiary alicyclic amines) is 1. The van der Waals surface area contributed by atoms with E-state index in [1.165, 1.54) is 4.90 Å². The average molecular weight is 277 g/mol. The van der Waals surface area contributed by atoms with Gasteiger partial charge in [-0.15, -0.1) is 0 Å². The van der Waals surface area contributed by atoms with Gasteiger partial charge in [-0.05, 0) is 25.7 Å². The molecule has 0 bridgehead atoms. The maximum Gasteiger partial charge on any atom is 0.244 e. The van der Waals surface area contributed by atoms with E-state index in [1.54, 1.807) is 0 Å². The zero-order valence-corrected chi connectivity index (χ0v) is 11.6. The van der Waals surface area contributed by atoms with Crippen molar-refractivity contribution in [1.82, 2.24) is 10.2 Å². The molecule has 0 aromatic carbocycles. The lowest BCUT2D eigenvalue weighted by molar-refractivity contribution is -0.142. The first-order valence-corrected chi connectivity index (χ1v) is 7.12. The summed E-state index contributed by atoms with van der Waals surface area (Å²) in [5.74, 6) is -0.353. The minimum atomic E-state index is -0.733. The van der Waals surface area contributed by atoms with Gasteiger partial charge in [0.15, 0.2) is 0 Å². The van der Waals surface area contributed by atoms with Gasteiger partial charge < -0.3 is 15.3 Å². The summed E-state index contributed by atoms with van der Waals surface area (Å²) in [4.78, 5) is 26.2. The van der Waals surface area contributed by atoms with Gasteiger partial charge in [0.25, 0.3) is 0 Å². The smallest absolute Gasteiger partial charge is 0.244 e. The number of nitrogens with one attached hydrogen (secondary N) is 1. The van der Waals surface area contributed by atoms with Gasteiger partial charge in [0, 0.05) is 18.4 Å². The maximum atomic E-state index is 12.4. The van der Waals surface area contributed by atoms with E-state index in [0.717, 1.165) is 12.8 Å². The van der Waals surface area contributed by atoms with Crippen molar-refractivity contribution in [3.63, 3.8) is 0 Å². The SMILES string of the molecule is CC1(C(=O)N2C[C@@H](O)C[C@H]2C(=O)NC2(C#N)CC2)CC1. The topological polar surface area (TPSA) is 93.4 Å². The predicted octanol–water partition coefficient (Wildman–Crippen LogP) is -0.0793. The van der Waals surface area contributed by atoms with Crippen LogP contribution in [0.15, 0.2) is 0 Å². The zero-order valence-electron chi connectivity index (χ0n) is 11.6. The van der Waals surface area contributed by atoms with Crippen LogP contribution in [0, 0.1) is 16.7 Å². The minimum absolute atomic E-state index is 0.0454. The number of hydrogen-bond acceptors (Lipinski definition) is 4. The van der Waals surface area contributed by atoms with Crippen LogP contribution in [0.2, 0.25) is 0 Å². The molecule has 0 aromatic heterocycles.